The molecule has 0 fully saturated rings. The van der Waals surface area contributed by atoms with Crippen LogP contribution < -0.4 is 5.56 Å². The van der Waals surface area contributed by atoms with E-state index in [1.165, 1.54) is 6.20 Å². The average molecular weight is 322 g/mol. The molecule has 24 heavy (non-hydrogen) atoms. The predicted molar refractivity (Wildman–Crippen MR) is 87.5 cm³/mol. The van der Waals surface area contributed by atoms with Crippen LogP contribution in [0.5, 0.6) is 0 Å². The zero-order chi connectivity index (χ0) is 16.5. The summed E-state index contributed by atoms with van der Waals surface area (Å²) in [5, 5.41) is 13.9. The van der Waals surface area contributed by atoms with Gasteiger partial charge in [-0.1, -0.05) is 0 Å². The van der Waals surface area contributed by atoms with Gasteiger partial charge in [0.2, 0.25) is 0 Å². The minimum absolute atomic E-state index is 0.0418. The molecule has 8 heteroatoms. The average Bonchev–Trinajstić information content (AvgIpc) is 3.06. The minimum atomic E-state index is -0.156. The molecule has 1 N–H and O–H groups in total. The maximum atomic E-state index is 12.5. The van der Waals surface area contributed by atoms with Crippen LogP contribution in [0, 0.1) is 0 Å². The number of rotatable bonds is 4. The van der Waals surface area contributed by atoms with E-state index in [9.17, 15) is 4.79 Å². The Balaban J connectivity index is 1.90. The number of hydrogen-bond acceptors (Lipinski definition) is 6. The van der Waals surface area contributed by atoms with Gasteiger partial charge >= 0.3 is 0 Å². The molecule has 0 aliphatic rings. The van der Waals surface area contributed by atoms with Gasteiger partial charge in [0.1, 0.15) is 0 Å². The number of aryl methyl sites for hydroxylation is 1. The van der Waals surface area contributed by atoms with Gasteiger partial charge < -0.3 is 9.67 Å². The molecule has 0 spiro atoms. The van der Waals surface area contributed by atoms with Gasteiger partial charge in [0, 0.05) is 43.5 Å². The lowest BCUT2D eigenvalue weighted by molar-refractivity contribution is 0.279. The van der Waals surface area contributed by atoms with E-state index >= 15 is 0 Å². The Bertz CT molecular complexity index is 1070. The summed E-state index contributed by atoms with van der Waals surface area (Å²) in [6.45, 7) is 0.503. The number of aliphatic hydroxyl groups is 1. The summed E-state index contributed by atoms with van der Waals surface area (Å²) in [5.74, 6) is 0.962. The summed E-state index contributed by atoms with van der Waals surface area (Å²) >= 11 is 0. The van der Waals surface area contributed by atoms with E-state index in [2.05, 4.69) is 20.1 Å². The Hall–Kier alpha value is -3.13. The van der Waals surface area contributed by atoms with Crippen molar-refractivity contribution >= 4 is 16.7 Å². The summed E-state index contributed by atoms with van der Waals surface area (Å²) in [4.78, 5) is 25.2. The quantitative estimate of drug-likeness (QED) is 0.599. The monoisotopic (exact) mass is 322 g/mol. The van der Waals surface area contributed by atoms with Crippen LogP contribution in [0.4, 0.5) is 0 Å². The van der Waals surface area contributed by atoms with Crippen molar-refractivity contribution in [2.45, 2.75) is 13.0 Å². The highest BCUT2D eigenvalue weighted by Gasteiger charge is 2.12. The largest absolute Gasteiger partial charge is 0.396 e. The maximum absolute atomic E-state index is 12.5. The third kappa shape index (κ3) is 2.33. The van der Waals surface area contributed by atoms with E-state index < -0.39 is 0 Å². The van der Waals surface area contributed by atoms with E-state index in [1.807, 2.05) is 18.2 Å². The van der Waals surface area contributed by atoms with Gasteiger partial charge in [-0.05, 0) is 24.6 Å². The molecule has 0 amide bonds. The molecule has 4 aromatic rings. The van der Waals surface area contributed by atoms with E-state index in [0.29, 0.717) is 35.5 Å². The zero-order valence-corrected chi connectivity index (χ0v) is 12.7. The molecule has 0 aromatic carbocycles. The van der Waals surface area contributed by atoms with Gasteiger partial charge in [-0.2, -0.15) is 9.50 Å². The second kappa shape index (κ2) is 5.82. The normalized spacial score (nSPS) is 11.4. The SMILES string of the molecule is O=c1c2cnc3nc(-c4ccncc4)nn3c2ccn1CCCO. The van der Waals surface area contributed by atoms with Crippen molar-refractivity contribution in [1.29, 1.82) is 0 Å². The molecule has 120 valence electrons. The number of fused-ring (bicyclic) bond motifs is 3. The Kier molecular flexibility index (Phi) is 3.51. The Morgan fingerprint density at radius 2 is 2.00 bits per heavy atom. The van der Waals surface area contributed by atoms with Gasteiger partial charge in [0.05, 0.1) is 10.9 Å². The fourth-order valence-electron chi connectivity index (χ4n) is 2.60. The maximum Gasteiger partial charge on any atom is 0.261 e. The molecule has 4 aromatic heterocycles. The van der Waals surface area contributed by atoms with Crippen LogP contribution in [0.25, 0.3) is 28.1 Å². The van der Waals surface area contributed by atoms with Crippen molar-refractivity contribution < 1.29 is 5.11 Å². The fraction of sp³-hybridized carbons (Fsp3) is 0.188. The van der Waals surface area contributed by atoms with Crippen molar-refractivity contribution in [2.24, 2.45) is 0 Å². The topological polar surface area (TPSA) is 98.2 Å². The highest BCUT2D eigenvalue weighted by molar-refractivity contribution is 5.79. The highest BCUT2D eigenvalue weighted by atomic mass is 16.3. The summed E-state index contributed by atoms with van der Waals surface area (Å²) in [5.41, 5.74) is 1.33. The second-order valence-electron chi connectivity index (χ2n) is 5.33. The van der Waals surface area contributed by atoms with E-state index in [4.69, 9.17) is 5.11 Å². The lowest BCUT2D eigenvalue weighted by Gasteiger charge is -2.06. The van der Waals surface area contributed by atoms with Crippen molar-refractivity contribution in [3.8, 4) is 11.4 Å². The minimum Gasteiger partial charge on any atom is -0.396 e. The molecule has 0 saturated heterocycles. The summed E-state index contributed by atoms with van der Waals surface area (Å²) in [7, 11) is 0. The third-order valence-corrected chi connectivity index (χ3v) is 3.80. The summed E-state index contributed by atoms with van der Waals surface area (Å²) in [6, 6.07) is 5.45. The Labute approximate surface area is 136 Å². The standard InChI is InChI=1S/C16H14N6O2/c23-9-1-7-21-8-4-13-12(15(21)24)10-18-16-19-14(20-22(13)16)11-2-5-17-6-3-11/h2-6,8,10,23H,1,7,9H2. The second-order valence-corrected chi connectivity index (χ2v) is 5.33. The lowest BCUT2D eigenvalue weighted by atomic mass is 10.3. The number of hydrogen-bond donors (Lipinski definition) is 1. The number of aliphatic hydroxyl groups excluding tert-OH is 1. The molecule has 4 rings (SSSR count). The number of nitrogens with zero attached hydrogens (tertiary/aromatic N) is 6. The molecular weight excluding hydrogens is 308 g/mol. The van der Waals surface area contributed by atoms with Crippen LogP contribution in [0.2, 0.25) is 0 Å². The van der Waals surface area contributed by atoms with Crippen LogP contribution in [0.15, 0.2) is 47.8 Å². The first-order valence-electron chi connectivity index (χ1n) is 7.54. The van der Waals surface area contributed by atoms with Gasteiger partial charge in [-0.25, -0.2) is 4.98 Å². The smallest absolute Gasteiger partial charge is 0.261 e. The first-order valence-corrected chi connectivity index (χ1v) is 7.54. The van der Waals surface area contributed by atoms with Crippen molar-refractivity contribution in [3.63, 3.8) is 0 Å². The van der Waals surface area contributed by atoms with Crippen LogP contribution in [-0.4, -0.2) is 40.8 Å². The van der Waals surface area contributed by atoms with E-state index in [0.717, 1.165) is 5.56 Å². The Morgan fingerprint density at radius 3 is 2.79 bits per heavy atom. The Morgan fingerprint density at radius 1 is 1.17 bits per heavy atom. The molecule has 0 aliphatic carbocycles. The molecule has 0 saturated carbocycles. The van der Waals surface area contributed by atoms with E-state index in [1.54, 1.807) is 27.7 Å². The van der Waals surface area contributed by atoms with Crippen molar-refractivity contribution in [3.05, 3.63) is 53.3 Å². The summed E-state index contributed by atoms with van der Waals surface area (Å²) in [6.07, 6.45) is 7.09. The summed E-state index contributed by atoms with van der Waals surface area (Å²) < 4.78 is 3.13. The molecule has 0 radical (unpaired) electrons. The highest BCUT2D eigenvalue weighted by Crippen LogP contribution is 2.17. The van der Waals surface area contributed by atoms with Crippen LogP contribution in [0.3, 0.4) is 0 Å². The number of pyridine rings is 2. The lowest BCUT2D eigenvalue weighted by Crippen LogP contribution is -2.21. The molecule has 0 bridgehead atoms. The third-order valence-electron chi connectivity index (χ3n) is 3.80. The first-order chi connectivity index (χ1) is 11.8. The van der Waals surface area contributed by atoms with Gasteiger partial charge in [-0.15, -0.1) is 5.10 Å². The van der Waals surface area contributed by atoms with Crippen molar-refractivity contribution in [2.75, 3.05) is 6.61 Å². The van der Waals surface area contributed by atoms with Gasteiger partial charge in [-0.3, -0.25) is 9.78 Å². The van der Waals surface area contributed by atoms with Gasteiger partial charge in [0.15, 0.2) is 5.82 Å². The van der Waals surface area contributed by atoms with Gasteiger partial charge in [0.25, 0.3) is 11.3 Å². The molecule has 4 heterocycles. The molecule has 0 unspecified atom stereocenters. The molecule has 0 atom stereocenters. The molecular formula is C16H14N6O2. The van der Waals surface area contributed by atoms with Crippen LogP contribution >= 0.6 is 0 Å². The number of aromatic nitrogens is 6. The first kappa shape index (κ1) is 14.5. The van der Waals surface area contributed by atoms with Crippen LogP contribution in [0.1, 0.15) is 6.42 Å². The van der Waals surface area contributed by atoms with Crippen molar-refractivity contribution in [1.82, 2.24) is 29.1 Å². The van der Waals surface area contributed by atoms with Crippen LogP contribution in [-0.2, 0) is 6.54 Å². The fourth-order valence-corrected chi connectivity index (χ4v) is 2.60. The molecule has 0 aliphatic heterocycles. The zero-order valence-electron chi connectivity index (χ0n) is 12.7. The van der Waals surface area contributed by atoms with E-state index in [-0.39, 0.29) is 12.2 Å². The molecule has 8 nitrogen and oxygen atoms in total. The predicted octanol–water partition coefficient (Wildman–Crippen LogP) is 0.884.